The molecule has 0 fully saturated rings. The van der Waals surface area contributed by atoms with Gasteiger partial charge in [0.15, 0.2) is 0 Å². The molecule has 2 atom stereocenters. The van der Waals surface area contributed by atoms with E-state index in [2.05, 4.69) is 61.6 Å². The molecule has 3 aromatic carbocycles. The number of nitrogens with one attached hydrogen (secondary N) is 1. The summed E-state index contributed by atoms with van der Waals surface area (Å²) in [5, 5.41) is 17.0. The number of halogens is 1. The van der Waals surface area contributed by atoms with Crippen molar-refractivity contribution >= 4 is 22.4 Å². The van der Waals surface area contributed by atoms with Crippen molar-refractivity contribution < 1.29 is 9.84 Å². The van der Waals surface area contributed by atoms with E-state index in [0.717, 1.165) is 12.0 Å². The zero-order chi connectivity index (χ0) is 20.9. The van der Waals surface area contributed by atoms with Gasteiger partial charge in [-0.05, 0) is 61.2 Å². The summed E-state index contributed by atoms with van der Waals surface area (Å²) in [7, 11) is 0. The van der Waals surface area contributed by atoms with Gasteiger partial charge in [-0.1, -0.05) is 66.2 Å². The van der Waals surface area contributed by atoms with Gasteiger partial charge in [0.05, 0.1) is 18.8 Å². The fraction of sp³-hybridized carbons (Fsp3) is 0.360. The van der Waals surface area contributed by atoms with Crippen molar-refractivity contribution in [2.75, 3.05) is 13.2 Å². The van der Waals surface area contributed by atoms with Crippen molar-refractivity contribution in [2.24, 2.45) is 0 Å². The van der Waals surface area contributed by atoms with Crippen LogP contribution in [0.15, 0.2) is 66.7 Å². The van der Waals surface area contributed by atoms with Gasteiger partial charge in [-0.2, -0.15) is 0 Å². The first kappa shape index (κ1) is 21.8. The fourth-order valence-corrected chi connectivity index (χ4v) is 3.59. The normalized spacial score (nSPS) is 14.1. The van der Waals surface area contributed by atoms with Gasteiger partial charge in [-0.3, -0.25) is 0 Å². The molecule has 3 nitrogen and oxygen atoms in total. The standard InChI is InChI=1S/C25H30ClNO2/c1-18(20-10-12-23(26)13-11-20)29-17-24(28)16-27-25(2,3)15-19-8-9-21-6-4-5-7-22(21)14-19/h4-14,18,24,27-28H,15-17H2,1-3H3. The van der Waals surface area contributed by atoms with E-state index in [1.165, 1.54) is 16.3 Å². The van der Waals surface area contributed by atoms with Gasteiger partial charge in [0, 0.05) is 17.1 Å². The van der Waals surface area contributed by atoms with E-state index in [1.807, 2.05) is 31.2 Å². The molecule has 0 aliphatic rings. The molecular weight excluding hydrogens is 382 g/mol. The molecule has 0 radical (unpaired) electrons. The summed E-state index contributed by atoms with van der Waals surface area (Å²) in [6, 6.07) is 22.6. The molecule has 0 saturated heterocycles. The number of aliphatic hydroxyl groups is 1. The number of hydrogen-bond acceptors (Lipinski definition) is 3. The van der Waals surface area contributed by atoms with Crippen molar-refractivity contribution in [3.8, 4) is 0 Å². The monoisotopic (exact) mass is 411 g/mol. The van der Waals surface area contributed by atoms with Crippen LogP contribution >= 0.6 is 11.6 Å². The maximum Gasteiger partial charge on any atom is 0.0898 e. The van der Waals surface area contributed by atoms with E-state index in [4.69, 9.17) is 16.3 Å². The highest BCUT2D eigenvalue weighted by atomic mass is 35.5. The quantitative estimate of drug-likeness (QED) is 0.485. The first-order chi connectivity index (χ1) is 13.8. The number of aliphatic hydroxyl groups excluding tert-OH is 1. The second kappa shape index (κ2) is 9.73. The summed E-state index contributed by atoms with van der Waals surface area (Å²) >= 11 is 5.93. The third-order valence-electron chi connectivity index (χ3n) is 5.15. The van der Waals surface area contributed by atoms with Gasteiger partial charge in [0.1, 0.15) is 0 Å². The molecule has 2 N–H and O–H groups in total. The van der Waals surface area contributed by atoms with Gasteiger partial charge >= 0.3 is 0 Å². The van der Waals surface area contributed by atoms with Crippen LogP contribution in [0, 0.1) is 0 Å². The van der Waals surface area contributed by atoms with Crippen LogP contribution in [0.3, 0.4) is 0 Å². The average molecular weight is 412 g/mol. The molecule has 0 amide bonds. The van der Waals surface area contributed by atoms with Crippen LogP contribution in [0.2, 0.25) is 5.02 Å². The highest BCUT2D eigenvalue weighted by molar-refractivity contribution is 6.30. The molecule has 0 spiro atoms. The second-order valence-corrected chi connectivity index (χ2v) is 8.74. The third kappa shape index (κ3) is 6.55. The Morgan fingerprint density at radius 1 is 1.00 bits per heavy atom. The Kier molecular flexibility index (Phi) is 7.31. The Morgan fingerprint density at radius 3 is 2.41 bits per heavy atom. The Morgan fingerprint density at radius 2 is 1.69 bits per heavy atom. The van der Waals surface area contributed by atoms with Gasteiger partial charge in [-0.15, -0.1) is 0 Å². The average Bonchev–Trinajstić information content (AvgIpc) is 2.70. The molecule has 0 aromatic heterocycles. The smallest absolute Gasteiger partial charge is 0.0898 e. The van der Waals surface area contributed by atoms with Gasteiger partial charge < -0.3 is 15.2 Å². The van der Waals surface area contributed by atoms with Crippen LogP contribution in [0.25, 0.3) is 10.8 Å². The lowest BCUT2D eigenvalue weighted by Crippen LogP contribution is -2.46. The first-order valence-corrected chi connectivity index (χ1v) is 10.5. The lowest BCUT2D eigenvalue weighted by atomic mass is 9.93. The van der Waals surface area contributed by atoms with E-state index < -0.39 is 6.10 Å². The summed E-state index contributed by atoms with van der Waals surface area (Å²) in [6.45, 7) is 7.06. The largest absolute Gasteiger partial charge is 0.389 e. The minimum absolute atomic E-state index is 0.0903. The molecule has 4 heteroatoms. The highest BCUT2D eigenvalue weighted by Gasteiger charge is 2.20. The van der Waals surface area contributed by atoms with Crippen molar-refractivity contribution in [3.05, 3.63) is 82.9 Å². The van der Waals surface area contributed by atoms with E-state index in [1.54, 1.807) is 0 Å². The highest BCUT2D eigenvalue weighted by Crippen LogP contribution is 2.21. The van der Waals surface area contributed by atoms with E-state index in [0.29, 0.717) is 11.6 Å². The second-order valence-electron chi connectivity index (χ2n) is 8.30. The summed E-state index contributed by atoms with van der Waals surface area (Å²) in [4.78, 5) is 0. The molecule has 29 heavy (non-hydrogen) atoms. The van der Waals surface area contributed by atoms with Crippen LogP contribution in [0.1, 0.15) is 38.0 Å². The number of benzene rings is 3. The van der Waals surface area contributed by atoms with Crippen molar-refractivity contribution in [2.45, 2.75) is 44.9 Å². The molecular formula is C25H30ClNO2. The maximum absolute atomic E-state index is 10.4. The molecule has 0 aliphatic carbocycles. The molecule has 2 unspecified atom stereocenters. The Bertz CT molecular complexity index is 924. The number of β-amino-alcohol motifs (C(OH)–C–C–N with tert-alkyl or cyclic N) is 1. The van der Waals surface area contributed by atoms with Crippen molar-refractivity contribution in [1.29, 1.82) is 0 Å². The lowest BCUT2D eigenvalue weighted by Gasteiger charge is -2.28. The summed E-state index contributed by atoms with van der Waals surface area (Å²) in [5.74, 6) is 0. The van der Waals surface area contributed by atoms with Crippen LogP contribution in [-0.4, -0.2) is 29.9 Å². The van der Waals surface area contributed by atoms with Gasteiger partial charge in [-0.25, -0.2) is 0 Å². The van der Waals surface area contributed by atoms with Crippen LogP contribution < -0.4 is 5.32 Å². The lowest BCUT2D eigenvalue weighted by molar-refractivity contribution is -0.00417. The van der Waals surface area contributed by atoms with E-state index in [-0.39, 0.29) is 18.2 Å². The Balaban J connectivity index is 1.47. The SMILES string of the molecule is CC(OCC(O)CNC(C)(C)Cc1ccc2ccccc2c1)c1ccc(Cl)cc1. The van der Waals surface area contributed by atoms with Crippen LogP contribution in [0.5, 0.6) is 0 Å². The number of fused-ring (bicyclic) bond motifs is 1. The zero-order valence-electron chi connectivity index (χ0n) is 17.4. The minimum Gasteiger partial charge on any atom is -0.389 e. The number of hydrogen-bond donors (Lipinski definition) is 2. The third-order valence-corrected chi connectivity index (χ3v) is 5.41. The number of ether oxygens (including phenoxy) is 1. The van der Waals surface area contributed by atoms with Crippen molar-refractivity contribution in [3.63, 3.8) is 0 Å². The Hall–Kier alpha value is -1.91. The first-order valence-electron chi connectivity index (χ1n) is 10.1. The Labute approximate surface area is 178 Å². The summed E-state index contributed by atoms with van der Waals surface area (Å²) in [6.07, 6.45) is 0.222. The molecule has 0 aliphatic heterocycles. The van der Waals surface area contributed by atoms with Crippen molar-refractivity contribution in [1.82, 2.24) is 5.32 Å². The fourth-order valence-electron chi connectivity index (χ4n) is 3.46. The number of rotatable bonds is 9. The summed E-state index contributed by atoms with van der Waals surface area (Å²) in [5.41, 5.74) is 2.19. The molecule has 3 rings (SSSR count). The van der Waals surface area contributed by atoms with Crippen LogP contribution in [0.4, 0.5) is 0 Å². The minimum atomic E-state index is -0.569. The zero-order valence-corrected chi connectivity index (χ0v) is 18.1. The molecule has 0 heterocycles. The maximum atomic E-state index is 10.4. The van der Waals surface area contributed by atoms with Crippen LogP contribution in [-0.2, 0) is 11.2 Å². The molecule has 0 bridgehead atoms. The topological polar surface area (TPSA) is 41.5 Å². The van der Waals surface area contributed by atoms with E-state index >= 15 is 0 Å². The van der Waals surface area contributed by atoms with Gasteiger partial charge in [0.25, 0.3) is 0 Å². The van der Waals surface area contributed by atoms with E-state index in [9.17, 15) is 5.11 Å². The molecule has 3 aromatic rings. The molecule has 154 valence electrons. The summed E-state index contributed by atoms with van der Waals surface area (Å²) < 4.78 is 5.83. The molecule has 0 saturated carbocycles. The van der Waals surface area contributed by atoms with Gasteiger partial charge in [0.2, 0.25) is 0 Å². The predicted molar refractivity (Wildman–Crippen MR) is 122 cm³/mol. The predicted octanol–water partition coefficient (Wildman–Crippen LogP) is 5.54.